The summed E-state index contributed by atoms with van der Waals surface area (Å²) >= 11 is 0. The van der Waals surface area contributed by atoms with Gasteiger partial charge >= 0.3 is 5.97 Å². The molecule has 0 aliphatic heterocycles. The van der Waals surface area contributed by atoms with Gasteiger partial charge < -0.3 is 21.4 Å². The summed E-state index contributed by atoms with van der Waals surface area (Å²) in [6.07, 6.45) is 0. The lowest BCUT2D eigenvalue weighted by Crippen LogP contribution is -2.46. The van der Waals surface area contributed by atoms with Crippen molar-refractivity contribution >= 4 is 17.6 Å². The van der Waals surface area contributed by atoms with Gasteiger partial charge in [0.15, 0.2) is 0 Å². The zero-order valence-electron chi connectivity index (χ0n) is 14.2. The van der Waals surface area contributed by atoms with E-state index in [0.29, 0.717) is 11.3 Å². The largest absolute Gasteiger partial charge is 0.480 e. The van der Waals surface area contributed by atoms with Crippen LogP contribution in [-0.4, -0.2) is 34.8 Å². The molecule has 2 aromatic carbocycles. The second-order valence-electron chi connectivity index (χ2n) is 5.43. The fourth-order valence-electron chi connectivity index (χ4n) is 2.01. The van der Waals surface area contributed by atoms with Gasteiger partial charge in [0.05, 0.1) is 6.54 Å². The van der Waals surface area contributed by atoms with E-state index in [1.54, 1.807) is 41.9 Å². The fraction of sp³-hybridized carbons (Fsp3) is 0.100. The summed E-state index contributed by atoms with van der Waals surface area (Å²) in [5.74, 6) is 9.37. The number of carbonyl (C=O) groups is 2. The van der Waals surface area contributed by atoms with Crippen LogP contribution in [0.25, 0.3) is 0 Å². The van der Waals surface area contributed by atoms with E-state index in [1.165, 1.54) is 12.1 Å². The van der Waals surface area contributed by atoms with Crippen LogP contribution in [0.5, 0.6) is 0 Å². The number of nitrogens with one attached hydrogen (secondary N) is 2. The molecule has 27 heavy (non-hydrogen) atoms. The molecule has 2 rings (SSSR count). The summed E-state index contributed by atoms with van der Waals surface area (Å²) in [6.45, 7) is -0.308. The monoisotopic (exact) mass is 363 g/mol. The molecule has 0 heterocycles. The van der Waals surface area contributed by atoms with Crippen molar-refractivity contribution in [2.24, 2.45) is 0 Å². The molecule has 0 aliphatic rings. The van der Waals surface area contributed by atoms with Crippen molar-refractivity contribution in [2.45, 2.75) is 6.04 Å². The van der Waals surface area contributed by atoms with Crippen molar-refractivity contribution in [3.05, 3.63) is 65.2 Å². The maximum Gasteiger partial charge on any atom is 0.327 e. The molecule has 0 spiro atoms. The van der Waals surface area contributed by atoms with E-state index in [1.807, 2.05) is 0 Å². The molecule has 1 unspecified atom stereocenters. The SMILES string of the molecule is Nc1ccc(C#CC#Cc2ccc(C(=O)NC(CNO)C(=O)O)cc2)cc1. The number of rotatable bonds is 5. The first-order valence-corrected chi connectivity index (χ1v) is 7.88. The van der Waals surface area contributed by atoms with E-state index in [-0.39, 0.29) is 12.1 Å². The molecule has 136 valence electrons. The van der Waals surface area contributed by atoms with Gasteiger partial charge in [0.1, 0.15) is 6.04 Å². The molecule has 0 aromatic heterocycles. The Morgan fingerprint density at radius 3 is 1.96 bits per heavy atom. The second-order valence-corrected chi connectivity index (χ2v) is 5.43. The van der Waals surface area contributed by atoms with Gasteiger partial charge in [-0.25, -0.2) is 10.3 Å². The Bertz CT molecular complexity index is 930. The normalized spacial score (nSPS) is 10.6. The average molecular weight is 363 g/mol. The van der Waals surface area contributed by atoms with Gasteiger partial charge in [-0.05, 0) is 60.4 Å². The number of hydroxylamine groups is 1. The quantitative estimate of drug-likeness (QED) is 0.304. The van der Waals surface area contributed by atoms with Crippen LogP contribution in [0.3, 0.4) is 0 Å². The standard InChI is InChI=1S/C20H17N3O4/c21-17-11-7-15(8-12-17)4-2-1-3-14-5-9-16(10-6-14)19(24)23-18(13-22-27)20(25)26/h5-12,18,22,27H,13,21H2,(H,23,24)(H,25,26). The number of carbonyl (C=O) groups excluding carboxylic acids is 1. The van der Waals surface area contributed by atoms with Gasteiger partial charge in [-0.1, -0.05) is 11.8 Å². The number of nitrogens with two attached hydrogens (primary N) is 1. The summed E-state index contributed by atoms with van der Waals surface area (Å²) in [5.41, 5.74) is 9.72. The molecule has 0 radical (unpaired) electrons. The molecular formula is C20H17N3O4. The Labute approximate surface area is 156 Å². The minimum absolute atomic E-state index is 0.276. The minimum Gasteiger partial charge on any atom is -0.480 e. The van der Waals surface area contributed by atoms with Gasteiger partial charge in [-0.2, -0.15) is 0 Å². The zero-order chi connectivity index (χ0) is 19.6. The molecule has 0 bridgehead atoms. The maximum absolute atomic E-state index is 12.0. The maximum atomic E-state index is 12.0. The smallest absolute Gasteiger partial charge is 0.327 e. The predicted molar refractivity (Wildman–Crippen MR) is 99.7 cm³/mol. The van der Waals surface area contributed by atoms with E-state index < -0.39 is 17.9 Å². The highest BCUT2D eigenvalue weighted by Crippen LogP contribution is 2.05. The third-order valence-corrected chi connectivity index (χ3v) is 3.43. The first-order chi connectivity index (χ1) is 13.0. The molecule has 0 fully saturated rings. The van der Waals surface area contributed by atoms with Gasteiger partial charge in [0.25, 0.3) is 5.91 Å². The number of carboxylic acid groups (broad SMARTS) is 1. The Morgan fingerprint density at radius 2 is 1.48 bits per heavy atom. The van der Waals surface area contributed by atoms with Crippen LogP contribution in [0.15, 0.2) is 48.5 Å². The molecule has 0 saturated carbocycles. The Morgan fingerprint density at radius 1 is 0.963 bits per heavy atom. The number of hydrogen-bond acceptors (Lipinski definition) is 5. The van der Waals surface area contributed by atoms with Crippen molar-refractivity contribution in [1.82, 2.24) is 10.8 Å². The molecular weight excluding hydrogens is 346 g/mol. The molecule has 7 nitrogen and oxygen atoms in total. The van der Waals surface area contributed by atoms with Gasteiger partial charge in [0.2, 0.25) is 0 Å². The highest BCUT2D eigenvalue weighted by molar-refractivity contribution is 5.96. The average Bonchev–Trinajstić information content (AvgIpc) is 2.66. The minimum atomic E-state index is -1.26. The van der Waals surface area contributed by atoms with Crippen molar-refractivity contribution in [3.63, 3.8) is 0 Å². The van der Waals surface area contributed by atoms with E-state index in [2.05, 4.69) is 29.0 Å². The van der Waals surface area contributed by atoms with Crippen LogP contribution in [0, 0.1) is 23.7 Å². The van der Waals surface area contributed by atoms with E-state index >= 15 is 0 Å². The number of benzene rings is 2. The van der Waals surface area contributed by atoms with Crippen LogP contribution in [0.1, 0.15) is 21.5 Å². The third kappa shape index (κ3) is 6.22. The topological polar surface area (TPSA) is 125 Å². The summed E-state index contributed by atoms with van der Waals surface area (Å²) in [6, 6.07) is 12.2. The fourth-order valence-corrected chi connectivity index (χ4v) is 2.01. The lowest BCUT2D eigenvalue weighted by Gasteiger charge is -2.13. The number of hydrogen-bond donors (Lipinski definition) is 5. The second kappa shape index (κ2) is 9.64. The molecule has 0 aliphatic carbocycles. The molecule has 1 amide bonds. The lowest BCUT2D eigenvalue weighted by molar-refractivity contribution is -0.139. The summed E-state index contributed by atoms with van der Waals surface area (Å²) in [5, 5.41) is 19.9. The lowest BCUT2D eigenvalue weighted by atomic mass is 10.1. The highest BCUT2D eigenvalue weighted by atomic mass is 16.5. The van der Waals surface area contributed by atoms with Gasteiger partial charge in [0, 0.05) is 22.4 Å². The van der Waals surface area contributed by atoms with Crippen LogP contribution >= 0.6 is 0 Å². The number of carboxylic acids is 1. The van der Waals surface area contributed by atoms with Crippen molar-refractivity contribution in [1.29, 1.82) is 0 Å². The Balaban J connectivity index is 2.00. The van der Waals surface area contributed by atoms with E-state index in [4.69, 9.17) is 16.0 Å². The van der Waals surface area contributed by atoms with Crippen LogP contribution in [0.4, 0.5) is 5.69 Å². The molecule has 0 saturated heterocycles. The van der Waals surface area contributed by atoms with Crippen LogP contribution in [0.2, 0.25) is 0 Å². The number of nitrogen functional groups attached to an aromatic ring is 1. The van der Waals surface area contributed by atoms with Crippen LogP contribution in [-0.2, 0) is 4.79 Å². The highest BCUT2D eigenvalue weighted by Gasteiger charge is 2.19. The van der Waals surface area contributed by atoms with Gasteiger partial charge in [-0.3, -0.25) is 4.79 Å². The molecule has 2 aromatic rings. The third-order valence-electron chi connectivity index (χ3n) is 3.43. The van der Waals surface area contributed by atoms with Crippen molar-refractivity contribution in [2.75, 3.05) is 12.3 Å². The zero-order valence-corrected chi connectivity index (χ0v) is 14.2. The van der Waals surface area contributed by atoms with Crippen molar-refractivity contribution < 1.29 is 19.9 Å². The molecule has 1 atom stereocenters. The molecule has 7 heteroatoms. The Hall–Kier alpha value is -3.78. The number of amides is 1. The van der Waals surface area contributed by atoms with Crippen molar-refractivity contribution in [3.8, 4) is 23.7 Å². The summed E-state index contributed by atoms with van der Waals surface area (Å²) in [7, 11) is 0. The first kappa shape index (κ1) is 19.5. The summed E-state index contributed by atoms with van der Waals surface area (Å²) in [4.78, 5) is 23.0. The van der Waals surface area contributed by atoms with Gasteiger partial charge in [-0.15, -0.1) is 0 Å². The number of anilines is 1. The Kier molecular flexibility index (Phi) is 6.98. The predicted octanol–water partition coefficient (Wildman–Crippen LogP) is 0.834. The first-order valence-electron chi connectivity index (χ1n) is 7.88. The summed E-state index contributed by atoms with van der Waals surface area (Å²) < 4.78 is 0. The van der Waals surface area contributed by atoms with Crippen LogP contribution < -0.4 is 16.5 Å². The van der Waals surface area contributed by atoms with E-state index in [9.17, 15) is 9.59 Å². The van der Waals surface area contributed by atoms with E-state index in [0.717, 1.165) is 5.56 Å². The number of aliphatic carboxylic acids is 1. The molecule has 6 N–H and O–H groups in total.